The first-order valence-electron chi connectivity index (χ1n) is 7.60. The Morgan fingerprint density at radius 2 is 1.62 bits per heavy atom. The van der Waals surface area contributed by atoms with Crippen molar-refractivity contribution >= 4 is 50.6 Å². The summed E-state index contributed by atoms with van der Waals surface area (Å²) < 4.78 is 26.9. The van der Waals surface area contributed by atoms with Crippen LogP contribution in [0.5, 0.6) is 0 Å². The maximum absolute atomic E-state index is 12.8. The summed E-state index contributed by atoms with van der Waals surface area (Å²) in [6.45, 7) is 1.46. The topological polar surface area (TPSA) is 77.3 Å². The Morgan fingerprint density at radius 3 is 2.23 bits per heavy atom. The summed E-state index contributed by atoms with van der Waals surface area (Å²) in [6, 6.07) is 9.53. The average molecular weight is 432 g/mol. The number of pyridine rings is 1. The molecule has 0 unspecified atom stereocenters. The van der Waals surface area contributed by atoms with E-state index in [0.29, 0.717) is 23.9 Å². The van der Waals surface area contributed by atoms with Crippen LogP contribution in [0.4, 0.5) is 5.82 Å². The number of nitrogens with zero attached hydrogens (tertiary/aromatic N) is 4. The number of sulfonamides is 1. The number of nitriles is 1. The highest BCUT2D eigenvalue weighted by molar-refractivity contribution is 7.89. The van der Waals surface area contributed by atoms with Gasteiger partial charge in [0.25, 0.3) is 0 Å². The second-order valence-electron chi connectivity index (χ2n) is 5.58. The number of hydrogen-bond donors (Lipinski definition) is 0. The average Bonchev–Trinajstić information content (AvgIpc) is 2.64. The van der Waals surface area contributed by atoms with E-state index in [0.717, 1.165) is 0 Å². The van der Waals surface area contributed by atoms with Crippen LogP contribution in [0.3, 0.4) is 0 Å². The summed E-state index contributed by atoms with van der Waals surface area (Å²) in [4.78, 5) is 6.24. The molecule has 136 valence electrons. The Morgan fingerprint density at radius 1 is 0.962 bits per heavy atom. The minimum atomic E-state index is -3.66. The van der Waals surface area contributed by atoms with Gasteiger partial charge in [0.2, 0.25) is 10.0 Å². The Hall–Kier alpha value is -1.56. The summed E-state index contributed by atoms with van der Waals surface area (Å²) in [5, 5.41) is 9.82. The smallest absolute Gasteiger partial charge is 0.243 e. The van der Waals surface area contributed by atoms with Crippen molar-refractivity contribution in [3.05, 3.63) is 51.1 Å². The summed E-state index contributed by atoms with van der Waals surface area (Å²) in [5.74, 6) is 0.595. The predicted molar refractivity (Wildman–Crippen MR) is 101 cm³/mol. The summed E-state index contributed by atoms with van der Waals surface area (Å²) in [7, 11) is -3.66. The van der Waals surface area contributed by atoms with Crippen LogP contribution in [0.25, 0.3) is 0 Å². The highest BCUT2D eigenvalue weighted by Gasteiger charge is 2.29. The summed E-state index contributed by atoms with van der Waals surface area (Å²) in [5.41, 5.74) is 0.148. The van der Waals surface area contributed by atoms with Gasteiger partial charge >= 0.3 is 0 Å². The number of halogens is 3. The molecule has 1 aromatic heterocycles. The van der Waals surface area contributed by atoms with Gasteiger partial charge in [0, 0.05) is 26.2 Å². The molecular formula is C16H13Cl3N4O2S. The fourth-order valence-electron chi connectivity index (χ4n) is 2.63. The van der Waals surface area contributed by atoms with Crippen LogP contribution in [-0.4, -0.2) is 43.9 Å². The van der Waals surface area contributed by atoms with Gasteiger partial charge in [-0.1, -0.05) is 34.8 Å². The summed E-state index contributed by atoms with van der Waals surface area (Å²) in [6.07, 6.45) is 0. The second-order valence-corrected chi connectivity index (χ2v) is 8.74. The maximum atomic E-state index is 12.8. The van der Waals surface area contributed by atoms with Gasteiger partial charge in [-0.25, -0.2) is 13.4 Å². The molecule has 0 spiro atoms. The Balaban J connectivity index is 1.75. The molecule has 1 saturated heterocycles. The molecule has 1 fully saturated rings. The van der Waals surface area contributed by atoms with Crippen LogP contribution in [0.2, 0.25) is 15.1 Å². The van der Waals surface area contributed by atoms with Crippen molar-refractivity contribution in [2.24, 2.45) is 0 Å². The Kier molecular flexibility index (Phi) is 5.61. The molecule has 6 nitrogen and oxygen atoms in total. The molecule has 1 aliphatic rings. The van der Waals surface area contributed by atoms with Gasteiger partial charge in [-0.2, -0.15) is 9.57 Å². The zero-order valence-electron chi connectivity index (χ0n) is 13.4. The van der Waals surface area contributed by atoms with Crippen LogP contribution in [0.15, 0.2) is 35.2 Å². The van der Waals surface area contributed by atoms with Gasteiger partial charge in [0.1, 0.15) is 11.9 Å². The molecule has 0 N–H and O–H groups in total. The molecule has 0 bridgehead atoms. The third-order valence-corrected chi connectivity index (χ3v) is 6.97. The van der Waals surface area contributed by atoms with E-state index in [4.69, 9.17) is 40.1 Å². The zero-order valence-corrected chi connectivity index (χ0v) is 16.4. The van der Waals surface area contributed by atoms with E-state index >= 15 is 0 Å². The van der Waals surface area contributed by atoms with Crippen LogP contribution < -0.4 is 4.90 Å². The maximum Gasteiger partial charge on any atom is 0.243 e. The molecule has 3 rings (SSSR count). The fraction of sp³-hybridized carbons (Fsp3) is 0.250. The first kappa shape index (κ1) is 19.2. The van der Waals surface area contributed by atoms with Crippen molar-refractivity contribution in [2.45, 2.75) is 4.90 Å². The standard InChI is InChI=1S/C16H13Cl3N4O2S/c17-12-2-1-11(9-14(12)19)26(24,25)23-7-5-22(6-8-23)16-4-3-13(18)15(10-20)21-16/h1-4,9H,5-8H2. The van der Waals surface area contributed by atoms with E-state index in [-0.39, 0.29) is 33.7 Å². The van der Waals surface area contributed by atoms with E-state index in [9.17, 15) is 8.42 Å². The normalized spacial score (nSPS) is 15.7. The molecule has 0 aliphatic carbocycles. The molecule has 10 heteroatoms. The van der Waals surface area contributed by atoms with Crippen LogP contribution in [0.1, 0.15) is 5.69 Å². The molecule has 0 saturated carbocycles. The van der Waals surface area contributed by atoms with Crippen molar-refractivity contribution in [1.29, 1.82) is 5.26 Å². The third kappa shape index (κ3) is 3.75. The molecule has 0 atom stereocenters. The molecule has 26 heavy (non-hydrogen) atoms. The number of piperazine rings is 1. The first-order valence-corrected chi connectivity index (χ1v) is 10.2. The van der Waals surface area contributed by atoms with E-state index < -0.39 is 10.0 Å². The molecule has 2 aromatic rings. The minimum Gasteiger partial charge on any atom is -0.354 e. The highest BCUT2D eigenvalue weighted by atomic mass is 35.5. The number of aromatic nitrogens is 1. The van der Waals surface area contributed by atoms with Gasteiger partial charge in [-0.15, -0.1) is 0 Å². The molecular weight excluding hydrogens is 419 g/mol. The van der Waals surface area contributed by atoms with Crippen molar-refractivity contribution in [1.82, 2.24) is 9.29 Å². The van der Waals surface area contributed by atoms with E-state index in [2.05, 4.69) is 4.98 Å². The number of benzene rings is 1. The van der Waals surface area contributed by atoms with Crippen LogP contribution >= 0.6 is 34.8 Å². The van der Waals surface area contributed by atoms with E-state index in [1.54, 1.807) is 12.1 Å². The third-order valence-electron chi connectivity index (χ3n) is 4.03. The van der Waals surface area contributed by atoms with Gasteiger partial charge in [0.15, 0.2) is 5.69 Å². The highest BCUT2D eigenvalue weighted by Crippen LogP contribution is 2.27. The Bertz CT molecular complexity index is 983. The molecule has 0 radical (unpaired) electrons. The minimum absolute atomic E-state index is 0.108. The lowest BCUT2D eigenvalue weighted by Crippen LogP contribution is -2.48. The SMILES string of the molecule is N#Cc1nc(N2CCN(S(=O)(=O)c3ccc(Cl)c(Cl)c3)CC2)ccc1Cl. The second kappa shape index (κ2) is 7.59. The molecule has 1 aliphatic heterocycles. The van der Waals surface area contributed by atoms with Crippen molar-refractivity contribution < 1.29 is 8.42 Å². The molecule has 1 aromatic carbocycles. The van der Waals surface area contributed by atoms with Gasteiger partial charge in [0.05, 0.1) is 20.0 Å². The Labute approximate surface area is 166 Å². The largest absolute Gasteiger partial charge is 0.354 e. The number of rotatable bonds is 3. The first-order chi connectivity index (χ1) is 12.3. The fourth-order valence-corrected chi connectivity index (χ4v) is 4.59. The summed E-state index contributed by atoms with van der Waals surface area (Å²) >= 11 is 17.7. The van der Waals surface area contributed by atoms with Crippen LogP contribution in [0, 0.1) is 11.3 Å². The monoisotopic (exact) mass is 430 g/mol. The van der Waals surface area contributed by atoms with Gasteiger partial charge in [-0.05, 0) is 30.3 Å². The lowest BCUT2D eigenvalue weighted by atomic mass is 10.3. The van der Waals surface area contributed by atoms with Crippen molar-refractivity contribution in [2.75, 3.05) is 31.1 Å². The number of anilines is 1. The lowest BCUT2D eigenvalue weighted by molar-refractivity contribution is 0.384. The lowest BCUT2D eigenvalue weighted by Gasteiger charge is -2.34. The predicted octanol–water partition coefficient (Wildman–Crippen LogP) is 3.42. The van der Waals surface area contributed by atoms with E-state index in [1.807, 2.05) is 11.0 Å². The van der Waals surface area contributed by atoms with Crippen molar-refractivity contribution in [3.8, 4) is 6.07 Å². The quantitative estimate of drug-likeness (QED) is 0.744. The van der Waals surface area contributed by atoms with Gasteiger partial charge in [-0.3, -0.25) is 0 Å². The number of hydrogen-bond acceptors (Lipinski definition) is 5. The van der Waals surface area contributed by atoms with Gasteiger partial charge < -0.3 is 4.90 Å². The molecule has 0 amide bonds. The van der Waals surface area contributed by atoms with Crippen molar-refractivity contribution in [3.63, 3.8) is 0 Å². The van der Waals surface area contributed by atoms with E-state index in [1.165, 1.54) is 22.5 Å². The van der Waals surface area contributed by atoms with Crippen LogP contribution in [-0.2, 0) is 10.0 Å². The zero-order chi connectivity index (χ0) is 18.9. The molecule has 2 heterocycles.